The van der Waals surface area contributed by atoms with Crippen LogP contribution >= 0.6 is 0 Å². The van der Waals surface area contributed by atoms with Crippen molar-refractivity contribution in [2.75, 3.05) is 4.90 Å². The van der Waals surface area contributed by atoms with Gasteiger partial charge in [-0.2, -0.15) is 0 Å². The SMILES string of the molecule is c1ccc(-c2cc(-c3cccc(-c4ccc(N5c6ccccc6Cc6ccccc65)cc4)c3)nc(-c3cc(-c4ccccc4)cc(-c4cccc(-c5ccc(-n6c7ccccc7c7ccccc76)cc5)c4)n3)c2)cc1. The largest absolute Gasteiger partial charge is 0.310 e. The molecule has 4 heterocycles. The highest BCUT2D eigenvalue weighted by Gasteiger charge is 2.24. The molecule has 0 aliphatic carbocycles. The van der Waals surface area contributed by atoms with E-state index >= 15 is 0 Å². The van der Waals surface area contributed by atoms with Crippen LogP contribution in [0.1, 0.15) is 11.1 Å². The van der Waals surface area contributed by atoms with Crippen molar-refractivity contribution in [2.24, 2.45) is 0 Å². The topological polar surface area (TPSA) is 34.0 Å². The molecule has 352 valence electrons. The highest BCUT2D eigenvalue weighted by atomic mass is 15.2. The van der Waals surface area contributed by atoms with Gasteiger partial charge >= 0.3 is 0 Å². The van der Waals surface area contributed by atoms with Gasteiger partial charge in [-0.05, 0) is 141 Å². The predicted molar refractivity (Wildman–Crippen MR) is 312 cm³/mol. The first-order valence-corrected chi connectivity index (χ1v) is 25.7. The maximum atomic E-state index is 5.48. The fraction of sp³-hybridized carbons (Fsp3) is 0.0141. The van der Waals surface area contributed by atoms with Crippen molar-refractivity contribution < 1.29 is 0 Å². The number of nitrogens with zero attached hydrogens (tertiary/aromatic N) is 4. The number of anilines is 3. The molecule has 0 atom stereocenters. The lowest BCUT2D eigenvalue weighted by molar-refractivity contribution is 1.09. The summed E-state index contributed by atoms with van der Waals surface area (Å²) >= 11 is 0. The van der Waals surface area contributed by atoms with Crippen molar-refractivity contribution >= 4 is 38.9 Å². The summed E-state index contributed by atoms with van der Waals surface area (Å²) in [5.41, 5.74) is 24.1. The average molecular weight is 957 g/mol. The molecule has 1 aliphatic rings. The molecule has 14 rings (SSSR count). The van der Waals surface area contributed by atoms with Gasteiger partial charge in [0.1, 0.15) is 0 Å². The molecular formula is C71H48N4. The molecule has 0 saturated carbocycles. The lowest BCUT2D eigenvalue weighted by Gasteiger charge is -2.33. The highest BCUT2D eigenvalue weighted by Crippen LogP contribution is 2.44. The standard InChI is InChI=1S/C71H48N4/c1-3-17-48(18-4-1)58-44-64(54-25-15-23-52(41-54)50-33-37-60(38-34-50)74-68-29-11-7-21-56(68)43-57-22-8-12-30-69(57)74)72-66(46-58)67-47-59(49-19-5-2-6-20-49)45-65(73-67)55-26-16-24-53(42-55)51-35-39-61(40-36-51)75-70-31-13-9-27-62(70)63-28-10-14-32-71(63)75/h1-42,44-47H,43H2. The van der Waals surface area contributed by atoms with Crippen LogP contribution in [0.2, 0.25) is 0 Å². The van der Waals surface area contributed by atoms with Crippen LogP contribution in [0.15, 0.2) is 279 Å². The van der Waals surface area contributed by atoms with E-state index in [2.05, 4.69) is 289 Å². The number of pyridine rings is 2. The second-order valence-electron chi connectivity index (χ2n) is 19.4. The summed E-state index contributed by atoms with van der Waals surface area (Å²) in [5, 5.41) is 2.51. The van der Waals surface area contributed by atoms with Crippen LogP contribution in [-0.2, 0) is 6.42 Å². The first-order valence-electron chi connectivity index (χ1n) is 25.7. The van der Waals surface area contributed by atoms with E-state index in [0.29, 0.717) is 0 Å². The molecule has 0 amide bonds. The van der Waals surface area contributed by atoms with Gasteiger partial charge in [0.15, 0.2) is 0 Å². The maximum absolute atomic E-state index is 5.48. The van der Waals surface area contributed by atoms with Crippen LogP contribution in [0.25, 0.3) is 106 Å². The molecule has 0 radical (unpaired) electrons. The molecule has 0 fully saturated rings. The van der Waals surface area contributed by atoms with Gasteiger partial charge in [-0.3, -0.25) is 0 Å². The normalized spacial score (nSPS) is 11.9. The van der Waals surface area contributed by atoms with Gasteiger partial charge in [-0.25, -0.2) is 9.97 Å². The van der Waals surface area contributed by atoms with E-state index in [0.717, 1.165) is 96.2 Å². The third-order valence-corrected chi connectivity index (χ3v) is 14.8. The van der Waals surface area contributed by atoms with Gasteiger partial charge in [-0.1, -0.05) is 194 Å². The van der Waals surface area contributed by atoms with E-state index in [4.69, 9.17) is 9.97 Å². The van der Waals surface area contributed by atoms with Gasteiger partial charge < -0.3 is 9.47 Å². The first kappa shape index (κ1) is 43.9. The molecule has 0 spiro atoms. The van der Waals surface area contributed by atoms with Crippen LogP contribution in [0, 0.1) is 0 Å². The fourth-order valence-electron chi connectivity index (χ4n) is 11.1. The summed E-state index contributed by atoms with van der Waals surface area (Å²) in [4.78, 5) is 13.4. The van der Waals surface area contributed by atoms with Gasteiger partial charge in [-0.15, -0.1) is 0 Å². The minimum Gasteiger partial charge on any atom is -0.310 e. The van der Waals surface area contributed by atoms with Crippen molar-refractivity contribution in [1.82, 2.24) is 14.5 Å². The molecule has 0 N–H and O–H groups in total. The van der Waals surface area contributed by atoms with E-state index in [9.17, 15) is 0 Å². The molecule has 4 heteroatoms. The van der Waals surface area contributed by atoms with Crippen LogP contribution in [0.4, 0.5) is 17.1 Å². The second kappa shape index (κ2) is 18.6. The quantitative estimate of drug-likeness (QED) is 0.145. The summed E-state index contributed by atoms with van der Waals surface area (Å²) in [7, 11) is 0. The molecule has 13 aromatic rings. The first-order chi connectivity index (χ1) is 37.1. The van der Waals surface area contributed by atoms with Crippen LogP contribution < -0.4 is 4.90 Å². The van der Waals surface area contributed by atoms with E-state index in [1.54, 1.807) is 0 Å². The van der Waals surface area contributed by atoms with E-state index in [1.165, 1.54) is 44.3 Å². The van der Waals surface area contributed by atoms with Crippen molar-refractivity contribution in [3.8, 4) is 84.1 Å². The molecular weight excluding hydrogens is 909 g/mol. The monoisotopic (exact) mass is 956 g/mol. The van der Waals surface area contributed by atoms with E-state index in [-0.39, 0.29) is 0 Å². The Bertz CT molecular complexity index is 4150. The van der Waals surface area contributed by atoms with Gasteiger partial charge in [0.25, 0.3) is 0 Å². The fourth-order valence-corrected chi connectivity index (χ4v) is 11.1. The Morgan fingerprint density at radius 3 is 1.12 bits per heavy atom. The van der Waals surface area contributed by atoms with Crippen LogP contribution in [-0.4, -0.2) is 14.5 Å². The lowest BCUT2D eigenvalue weighted by Crippen LogP contribution is -2.18. The molecule has 1 aliphatic heterocycles. The Hall–Kier alpha value is -9.90. The minimum atomic E-state index is 0.805. The Labute approximate surface area is 436 Å². The maximum Gasteiger partial charge on any atom is 0.0900 e. The summed E-state index contributed by atoms with van der Waals surface area (Å²) in [6.45, 7) is 0. The highest BCUT2D eigenvalue weighted by molar-refractivity contribution is 6.09. The summed E-state index contributed by atoms with van der Waals surface area (Å²) in [6, 6.07) is 100. The Balaban J connectivity index is 0.834. The third kappa shape index (κ3) is 8.16. The van der Waals surface area contributed by atoms with Gasteiger partial charge in [0.2, 0.25) is 0 Å². The summed E-state index contributed by atoms with van der Waals surface area (Å²) < 4.78 is 2.36. The van der Waals surface area contributed by atoms with E-state index in [1.807, 2.05) is 0 Å². The summed E-state index contributed by atoms with van der Waals surface area (Å²) in [6.07, 6.45) is 0.931. The van der Waals surface area contributed by atoms with Crippen molar-refractivity contribution in [2.45, 2.75) is 6.42 Å². The summed E-state index contributed by atoms with van der Waals surface area (Å²) in [5.74, 6) is 0. The van der Waals surface area contributed by atoms with Crippen molar-refractivity contribution in [3.63, 3.8) is 0 Å². The molecule has 0 bridgehead atoms. The number of benzene rings is 10. The number of hydrogen-bond donors (Lipinski definition) is 0. The number of para-hydroxylation sites is 4. The zero-order valence-electron chi connectivity index (χ0n) is 41.1. The number of aromatic nitrogens is 3. The Morgan fingerprint density at radius 2 is 0.627 bits per heavy atom. The lowest BCUT2D eigenvalue weighted by atomic mass is 9.94. The minimum absolute atomic E-state index is 0.805. The van der Waals surface area contributed by atoms with E-state index < -0.39 is 0 Å². The Morgan fingerprint density at radius 1 is 0.253 bits per heavy atom. The van der Waals surface area contributed by atoms with Crippen LogP contribution in [0.5, 0.6) is 0 Å². The predicted octanol–water partition coefficient (Wildman–Crippen LogP) is 18.6. The molecule has 0 unspecified atom stereocenters. The van der Waals surface area contributed by atoms with Crippen molar-refractivity contribution in [1.29, 1.82) is 0 Å². The van der Waals surface area contributed by atoms with Crippen molar-refractivity contribution in [3.05, 3.63) is 290 Å². The average Bonchev–Trinajstić information content (AvgIpc) is 3.83. The molecule has 3 aromatic heterocycles. The second-order valence-corrected chi connectivity index (χ2v) is 19.4. The molecule has 4 nitrogen and oxygen atoms in total. The molecule has 75 heavy (non-hydrogen) atoms. The van der Waals surface area contributed by atoms with Crippen LogP contribution in [0.3, 0.4) is 0 Å². The number of rotatable bonds is 9. The number of hydrogen-bond acceptors (Lipinski definition) is 3. The zero-order valence-corrected chi connectivity index (χ0v) is 41.1. The van der Waals surface area contributed by atoms with Gasteiger partial charge in [0, 0.05) is 51.1 Å². The van der Waals surface area contributed by atoms with Gasteiger partial charge in [0.05, 0.1) is 33.8 Å². The number of fused-ring (bicyclic) bond motifs is 5. The molecule has 10 aromatic carbocycles. The molecule has 0 saturated heterocycles. The zero-order chi connectivity index (χ0) is 49.7. The smallest absolute Gasteiger partial charge is 0.0900 e. The Kier molecular flexibility index (Phi) is 10.9. The third-order valence-electron chi connectivity index (χ3n) is 14.8.